The van der Waals surface area contributed by atoms with Gasteiger partial charge in [0.1, 0.15) is 0 Å². The van der Waals surface area contributed by atoms with Crippen LogP contribution in [0.2, 0.25) is 0 Å². The molecule has 1 atom stereocenters. The molecule has 5 heteroatoms. The van der Waals surface area contributed by atoms with Crippen molar-refractivity contribution in [3.63, 3.8) is 0 Å². The maximum absolute atomic E-state index is 5.11. The van der Waals surface area contributed by atoms with Gasteiger partial charge in [-0.2, -0.15) is 0 Å². The van der Waals surface area contributed by atoms with E-state index in [1.165, 1.54) is 6.42 Å². The second-order valence-corrected chi connectivity index (χ2v) is 4.36. The fraction of sp³-hybridized carbons (Fsp3) is 0.923. The summed E-state index contributed by atoms with van der Waals surface area (Å²) in [6.45, 7) is 7.40. The lowest BCUT2D eigenvalue weighted by Gasteiger charge is -2.17. The molecule has 0 aliphatic heterocycles. The van der Waals surface area contributed by atoms with E-state index < -0.39 is 0 Å². The zero-order valence-corrected chi connectivity index (χ0v) is 12.3. The molecule has 0 aromatic heterocycles. The summed E-state index contributed by atoms with van der Waals surface area (Å²) >= 11 is 0. The first-order valence-corrected chi connectivity index (χ1v) is 6.77. The molecule has 2 N–H and O–H groups in total. The quantitative estimate of drug-likeness (QED) is 0.354. The maximum atomic E-state index is 5.11. The zero-order chi connectivity index (χ0) is 13.6. The molecule has 0 aliphatic rings. The van der Waals surface area contributed by atoms with Crippen molar-refractivity contribution in [2.45, 2.75) is 39.2 Å². The fourth-order valence-corrected chi connectivity index (χ4v) is 1.46. The lowest BCUT2D eigenvalue weighted by atomic mass is 10.3. The predicted molar refractivity (Wildman–Crippen MR) is 76.2 cm³/mol. The second kappa shape index (κ2) is 12.6. The van der Waals surface area contributed by atoms with Crippen molar-refractivity contribution < 1.29 is 9.47 Å². The Hall–Kier alpha value is -0.810. The number of guanidine groups is 1. The number of aliphatic imine (C=N–C) groups is 1. The summed E-state index contributed by atoms with van der Waals surface area (Å²) < 4.78 is 10.1. The average Bonchev–Trinajstić information content (AvgIpc) is 2.35. The monoisotopic (exact) mass is 259 g/mol. The van der Waals surface area contributed by atoms with Crippen LogP contribution in [0, 0.1) is 0 Å². The molecule has 0 aromatic rings. The predicted octanol–water partition coefficient (Wildman–Crippen LogP) is 1.39. The lowest BCUT2D eigenvalue weighted by molar-refractivity contribution is 0.179. The van der Waals surface area contributed by atoms with E-state index in [-0.39, 0.29) is 6.04 Å². The van der Waals surface area contributed by atoms with Crippen LogP contribution in [0.4, 0.5) is 0 Å². The standard InChI is InChI=1S/C13H29N3O2/c1-5-6-8-14-13(15-9-7-10-17-3)16-12(2)11-18-4/h12H,5-11H2,1-4H3,(H2,14,15,16). The van der Waals surface area contributed by atoms with E-state index >= 15 is 0 Å². The fourth-order valence-electron chi connectivity index (χ4n) is 1.46. The minimum atomic E-state index is 0.255. The van der Waals surface area contributed by atoms with Gasteiger partial charge in [0.2, 0.25) is 0 Å². The number of hydrogen-bond donors (Lipinski definition) is 2. The molecular formula is C13H29N3O2. The van der Waals surface area contributed by atoms with Crippen LogP contribution in [0.1, 0.15) is 33.1 Å². The number of unbranched alkanes of at least 4 members (excludes halogenated alkanes) is 1. The van der Waals surface area contributed by atoms with Gasteiger partial charge in [0.25, 0.3) is 0 Å². The Morgan fingerprint density at radius 1 is 1.22 bits per heavy atom. The van der Waals surface area contributed by atoms with Crippen LogP contribution in [0.3, 0.4) is 0 Å². The van der Waals surface area contributed by atoms with Crippen LogP contribution in [0.25, 0.3) is 0 Å². The Morgan fingerprint density at radius 3 is 2.61 bits per heavy atom. The topological polar surface area (TPSA) is 54.9 Å². The summed E-state index contributed by atoms with van der Waals surface area (Å²) in [4.78, 5) is 4.51. The van der Waals surface area contributed by atoms with Crippen molar-refractivity contribution in [3.05, 3.63) is 0 Å². The highest BCUT2D eigenvalue weighted by Gasteiger charge is 2.04. The molecule has 0 fully saturated rings. The van der Waals surface area contributed by atoms with Gasteiger partial charge in [-0.1, -0.05) is 13.3 Å². The molecule has 0 amide bonds. The van der Waals surface area contributed by atoms with Crippen molar-refractivity contribution >= 4 is 5.96 Å². The number of nitrogens with zero attached hydrogens (tertiary/aromatic N) is 1. The normalized spacial score (nSPS) is 13.4. The van der Waals surface area contributed by atoms with Crippen LogP contribution < -0.4 is 10.6 Å². The van der Waals surface area contributed by atoms with Gasteiger partial charge in [0, 0.05) is 40.0 Å². The lowest BCUT2D eigenvalue weighted by Crippen LogP contribution is -2.44. The van der Waals surface area contributed by atoms with Crippen molar-refractivity contribution in [3.8, 4) is 0 Å². The Kier molecular flexibility index (Phi) is 12.1. The van der Waals surface area contributed by atoms with Gasteiger partial charge >= 0.3 is 0 Å². The number of methoxy groups -OCH3 is 2. The number of rotatable bonds is 10. The van der Waals surface area contributed by atoms with E-state index in [4.69, 9.17) is 9.47 Å². The molecule has 0 saturated heterocycles. The molecule has 0 rings (SSSR count). The van der Waals surface area contributed by atoms with E-state index in [0.717, 1.165) is 38.5 Å². The van der Waals surface area contributed by atoms with Crippen molar-refractivity contribution in [1.29, 1.82) is 0 Å². The molecule has 1 unspecified atom stereocenters. The third-order valence-electron chi connectivity index (χ3n) is 2.40. The first-order valence-electron chi connectivity index (χ1n) is 6.77. The molecule has 0 heterocycles. The van der Waals surface area contributed by atoms with Crippen molar-refractivity contribution in [2.75, 3.05) is 40.5 Å². The van der Waals surface area contributed by atoms with Gasteiger partial charge in [-0.15, -0.1) is 0 Å². The van der Waals surface area contributed by atoms with Crippen LogP contribution >= 0.6 is 0 Å². The van der Waals surface area contributed by atoms with Crippen LogP contribution in [0.5, 0.6) is 0 Å². The highest BCUT2D eigenvalue weighted by molar-refractivity contribution is 5.80. The molecule has 108 valence electrons. The number of nitrogens with one attached hydrogen (secondary N) is 2. The number of hydrogen-bond acceptors (Lipinski definition) is 3. The Morgan fingerprint density at radius 2 is 2.00 bits per heavy atom. The van der Waals surface area contributed by atoms with Gasteiger partial charge in [-0.25, -0.2) is 0 Å². The van der Waals surface area contributed by atoms with Gasteiger partial charge < -0.3 is 20.1 Å². The van der Waals surface area contributed by atoms with Crippen molar-refractivity contribution in [2.24, 2.45) is 4.99 Å². The molecule has 0 saturated carbocycles. The van der Waals surface area contributed by atoms with E-state index in [2.05, 4.69) is 29.5 Å². The zero-order valence-electron chi connectivity index (χ0n) is 12.3. The summed E-state index contributed by atoms with van der Waals surface area (Å²) in [6.07, 6.45) is 3.27. The summed E-state index contributed by atoms with van der Waals surface area (Å²) in [5, 5.41) is 6.66. The van der Waals surface area contributed by atoms with Crippen LogP contribution in [0.15, 0.2) is 4.99 Å². The summed E-state index contributed by atoms with van der Waals surface area (Å²) in [7, 11) is 3.42. The first kappa shape index (κ1) is 17.2. The Balaban J connectivity index is 4.05. The number of ether oxygens (including phenoxy) is 2. The minimum Gasteiger partial charge on any atom is -0.385 e. The van der Waals surface area contributed by atoms with Crippen LogP contribution in [-0.2, 0) is 9.47 Å². The Labute approximate surface area is 111 Å². The largest absolute Gasteiger partial charge is 0.385 e. The second-order valence-electron chi connectivity index (χ2n) is 4.36. The van der Waals surface area contributed by atoms with Gasteiger partial charge in [-0.3, -0.25) is 4.99 Å². The summed E-state index contributed by atoms with van der Waals surface area (Å²) in [5.41, 5.74) is 0. The third-order valence-corrected chi connectivity index (χ3v) is 2.40. The van der Waals surface area contributed by atoms with E-state index in [0.29, 0.717) is 6.61 Å². The van der Waals surface area contributed by atoms with E-state index in [1.807, 2.05) is 0 Å². The molecule has 18 heavy (non-hydrogen) atoms. The van der Waals surface area contributed by atoms with Gasteiger partial charge in [0.15, 0.2) is 5.96 Å². The average molecular weight is 259 g/mol. The molecule has 0 bridgehead atoms. The molecule has 0 aliphatic carbocycles. The van der Waals surface area contributed by atoms with Crippen molar-refractivity contribution in [1.82, 2.24) is 10.6 Å². The van der Waals surface area contributed by atoms with Crippen LogP contribution in [-0.4, -0.2) is 52.5 Å². The first-order chi connectivity index (χ1) is 8.74. The smallest absolute Gasteiger partial charge is 0.191 e. The Bertz CT molecular complexity index is 210. The maximum Gasteiger partial charge on any atom is 0.191 e. The van der Waals surface area contributed by atoms with Gasteiger partial charge in [-0.05, 0) is 19.8 Å². The van der Waals surface area contributed by atoms with E-state index in [9.17, 15) is 0 Å². The molecule has 5 nitrogen and oxygen atoms in total. The highest BCUT2D eigenvalue weighted by atomic mass is 16.5. The molecular weight excluding hydrogens is 230 g/mol. The highest BCUT2D eigenvalue weighted by Crippen LogP contribution is 1.88. The van der Waals surface area contributed by atoms with Gasteiger partial charge in [0.05, 0.1) is 6.61 Å². The molecule has 0 spiro atoms. The molecule has 0 radical (unpaired) electrons. The summed E-state index contributed by atoms with van der Waals surface area (Å²) in [6, 6.07) is 0.255. The minimum absolute atomic E-state index is 0.255. The molecule has 0 aromatic carbocycles. The van der Waals surface area contributed by atoms with E-state index in [1.54, 1.807) is 14.2 Å². The third kappa shape index (κ3) is 10.4. The summed E-state index contributed by atoms with van der Waals surface area (Å²) in [5.74, 6) is 0.865. The SMILES string of the molecule is CCCCNC(=NCCCOC)NC(C)COC.